The van der Waals surface area contributed by atoms with Gasteiger partial charge in [0.25, 0.3) is 0 Å². The van der Waals surface area contributed by atoms with Gasteiger partial charge in [-0.2, -0.15) is 17.5 Å². The molecule has 2 aromatic carbocycles. The normalized spacial score (nSPS) is 18.0. The Hall–Kier alpha value is -1.97. The van der Waals surface area contributed by atoms with Gasteiger partial charge in [-0.3, -0.25) is 0 Å². The summed E-state index contributed by atoms with van der Waals surface area (Å²) in [6.07, 6.45) is -3.75. The molecule has 0 atom stereocenters. The van der Waals surface area contributed by atoms with Gasteiger partial charge in [-0.05, 0) is 48.4 Å². The Balaban J connectivity index is 1.76. The first-order valence-corrected chi connectivity index (χ1v) is 10.5. The predicted molar refractivity (Wildman–Crippen MR) is 99.1 cm³/mol. The minimum atomic E-state index is -4.46. The van der Waals surface area contributed by atoms with E-state index in [1.807, 2.05) is 0 Å². The Morgan fingerprint density at radius 1 is 1.03 bits per heavy atom. The van der Waals surface area contributed by atoms with Crippen molar-refractivity contribution in [2.75, 3.05) is 19.7 Å². The zero-order valence-electron chi connectivity index (χ0n) is 15.5. The van der Waals surface area contributed by atoms with Gasteiger partial charge in [0.2, 0.25) is 10.0 Å². The number of hydrogen-bond donors (Lipinski definition) is 1. The van der Waals surface area contributed by atoms with Crippen LogP contribution in [0.4, 0.5) is 17.6 Å². The molecule has 0 aliphatic carbocycles. The molecule has 0 radical (unpaired) electrons. The van der Waals surface area contributed by atoms with E-state index in [1.165, 1.54) is 24.3 Å². The lowest BCUT2D eigenvalue weighted by Crippen LogP contribution is -2.45. The van der Waals surface area contributed by atoms with E-state index in [0.29, 0.717) is 5.56 Å². The first-order valence-electron chi connectivity index (χ1n) is 9.09. The molecule has 0 bridgehead atoms. The smallest absolute Gasteiger partial charge is 0.396 e. The number of alkyl halides is 3. The van der Waals surface area contributed by atoms with Crippen molar-refractivity contribution in [1.29, 1.82) is 0 Å². The minimum absolute atomic E-state index is 0.0518. The Bertz CT molecular complexity index is 968. The van der Waals surface area contributed by atoms with Crippen molar-refractivity contribution in [1.82, 2.24) is 4.31 Å². The summed E-state index contributed by atoms with van der Waals surface area (Å²) in [7, 11) is -4.02. The first-order chi connectivity index (χ1) is 13.6. The summed E-state index contributed by atoms with van der Waals surface area (Å²) in [6.45, 7) is -0.177. The zero-order valence-corrected chi connectivity index (χ0v) is 16.3. The zero-order chi connectivity index (χ0) is 21.3. The summed E-state index contributed by atoms with van der Waals surface area (Å²) in [4.78, 5) is -0.408. The van der Waals surface area contributed by atoms with Gasteiger partial charge in [-0.15, -0.1) is 0 Å². The van der Waals surface area contributed by atoms with Crippen molar-refractivity contribution in [3.8, 4) is 0 Å². The molecule has 29 heavy (non-hydrogen) atoms. The van der Waals surface area contributed by atoms with Gasteiger partial charge in [0, 0.05) is 19.7 Å². The number of sulfonamides is 1. The lowest BCUT2D eigenvalue weighted by Gasteiger charge is -2.40. The first kappa shape index (κ1) is 21.7. The number of aliphatic hydroxyl groups excluding tert-OH is 1. The molecule has 4 nitrogen and oxygen atoms in total. The molecule has 1 aliphatic heterocycles. The topological polar surface area (TPSA) is 57.6 Å². The van der Waals surface area contributed by atoms with Crippen LogP contribution in [0.2, 0.25) is 0 Å². The van der Waals surface area contributed by atoms with E-state index in [-0.39, 0.29) is 39.0 Å². The summed E-state index contributed by atoms with van der Waals surface area (Å²) < 4.78 is 79.4. The van der Waals surface area contributed by atoms with Crippen LogP contribution >= 0.6 is 0 Å². The Morgan fingerprint density at radius 3 is 2.28 bits per heavy atom. The van der Waals surface area contributed by atoms with Crippen molar-refractivity contribution in [3.63, 3.8) is 0 Å². The maximum atomic E-state index is 13.9. The fraction of sp³-hybridized carbons (Fsp3) is 0.400. The van der Waals surface area contributed by atoms with Crippen LogP contribution < -0.4 is 0 Å². The molecule has 0 aromatic heterocycles. The fourth-order valence-corrected chi connectivity index (χ4v) is 5.18. The average Bonchev–Trinajstić information content (AvgIpc) is 2.68. The monoisotopic (exact) mass is 431 g/mol. The fourth-order valence-electron chi connectivity index (χ4n) is 3.68. The van der Waals surface area contributed by atoms with Crippen molar-refractivity contribution < 1.29 is 31.1 Å². The molecule has 0 saturated carbocycles. The molecule has 0 unspecified atom stereocenters. The van der Waals surface area contributed by atoms with Gasteiger partial charge in [0.1, 0.15) is 10.7 Å². The van der Waals surface area contributed by atoms with Crippen molar-refractivity contribution in [2.24, 2.45) is 5.41 Å². The van der Waals surface area contributed by atoms with Crippen LogP contribution in [0, 0.1) is 11.2 Å². The third-order valence-electron chi connectivity index (χ3n) is 5.41. The highest BCUT2D eigenvalue weighted by Crippen LogP contribution is 2.38. The van der Waals surface area contributed by atoms with Gasteiger partial charge >= 0.3 is 6.18 Å². The second-order valence-corrected chi connectivity index (χ2v) is 9.27. The van der Waals surface area contributed by atoms with Crippen LogP contribution in [0.25, 0.3) is 0 Å². The average molecular weight is 431 g/mol. The number of aliphatic hydroxyl groups is 1. The van der Waals surface area contributed by atoms with Crippen LogP contribution in [-0.2, 0) is 22.6 Å². The highest BCUT2D eigenvalue weighted by Gasteiger charge is 2.39. The molecule has 2 aromatic rings. The Labute approximate surface area is 166 Å². The number of hydrogen-bond acceptors (Lipinski definition) is 3. The number of benzene rings is 2. The van der Waals surface area contributed by atoms with E-state index >= 15 is 0 Å². The molecule has 0 spiro atoms. The highest BCUT2D eigenvalue weighted by molar-refractivity contribution is 7.89. The molecule has 158 valence electrons. The van der Waals surface area contributed by atoms with E-state index in [9.17, 15) is 31.1 Å². The van der Waals surface area contributed by atoms with Gasteiger partial charge in [0.05, 0.1) is 5.56 Å². The maximum absolute atomic E-state index is 13.9. The maximum Gasteiger partial charge on any atom is 0.416 e. The van der Waals surface area contributed by atoms with Crippen LogP contribution in [0.15, 0.2) is 53.4 Å². The quantitative estimate of drug-likeness (QED) is 0.732. The summed E-state index contributed by atoms with van der Waals surface area (Å²) in [5.41, 5.74) is -1.06. The second-order valence-electron chi connectivity index (χ2n) is 7.37. The SMILES string of the molecule is O=S(=O)(c1ccccc1F)N1CCC(CO)(Cc2cccc(C(F)(F)F)c2)CC1. The van der Waals surface area contributed by atoms with Crippen molar-refractivity contribution in [2.45, 2.75) is 30.3 Å². The van der Waals surface area contributed by atoms with Gasteiger partial charge in [0.15, 0.2) is 0 Å². The van der Waals surface area contributed by atoms with Crippen LogP contribution in [0.1, 0.15) is 24.0 Å². The Morgan fingerprint density at radius 2 is 1.69 bits per heavy atom. The molecule has 1 heterocycles. The molecule has 1 aliphatic rings. The van der Waals surface area contributed by atoms with E-state index in [2.05, 4.69) is 0 Å². The van der Waals surface area contributed by atoms with Gasteiger partial charge in [-0.25, -0.2) is 12.8 Å². The van der Waals surface area contributed by atoms with Gasteiger partial charge in [-0.1, -0.05) is 30.3 Å². The lowest BCUT2D eigenvalue weighted by molar-refractivity contribution is -0.137. The molecule has 1 fully saturated rings. The van der Waals surface area contributed by atoms with E-state index in [0.717, 1.165) is 22.5 Å². The highest BCUT2D eigenvalue weighted by atomic mass is 32.2. The molecular weight excluding hydrogens is 410 g/mol. The third-order valence-corrected chi connectivity index (χ3v) is 7.34. The third kappa shape index (κ3) is 4.62. The summed E-state index contributed by atoms with van der Waals surface area (Å²) in [5.74, 6) is -0.838. The molecular formula is C20H21F4NO3S. The van der Waals surface area contributed by atoms with E-state index < -0.39 is 37.9 Å². The van der Waals surface area contributed by atoms with Crippen LogP contribution in [0.5, 0.6) is 0 Å². The van der Waals surface area contributed by atoms with Crippen LogP contribution in [0.3, 0.4) is 0 Å². The molecule has 9 heteroatoms. The van der Waals surface area contributed by atoms with E-state index in [4.69, 9.17) is 0 Å². The number of halogens is 4. The van der Waals surface area contributed by atoms with E-state index in [1.54, 1.807) is 6.07 Å². The molecule has 1 saturated heterocycles. The van der Waals surface area contributed by atoms with Crippen molar-refractivity contribution in [3.05, 3.63) is 65.5 Å². The Kier molecular flexibility index (Phi) is 6.03. The molecule has 0 amide bonds. The minimum Gasteiger partial charge on any atom is -0.396 e. The molecule has 3 rings (SSSR count). The van der Waals surface area contributed by atoms with Crippen molar-refractivity contribution >= 4 is 10.0 Å². The van der Waals surface area contributed by atoms with Crippen LogP contribution in [-0.4, -0.2) is 37.5 Å². The largest absolute Gasteiger partial charge is 0.416 e. The van der Waals surface area contributed by atoms with Gasteiger partial charge < -0.3 is 5.11 Å². The lowest BCUT2D eigenvalue weighted by atomic mass is 9.75. The second kappa shape index (κ2) is 8.04. The standard InChI is InChI=1S/C20H21F4NO3S/c21-17-6-1-2-7-18(17)29(27,28)25-10-8-19(14-26,9-11-25)13-15-4-3-5-16(12-15)20(22,23)24/h1-7,12,26H,8-11,13-14H2. The number of nitrogens with zero attached hydrogens (tertiary/aromatic N) is 1. The number of piperidine rings is 1. The predicted octanol–water partition coefficient (Wildman–Crippen LogP) is 3.85. The summed E-state index contributed by atoms with van der Waals surface area (Å²) >= 11 is 0. The summed E-state index contributed by atoms with van der Waals surface area (Å²) in [6, 6.07) is 10.0. The molecule has 1 N–H and O–H groups in total. The number of rotatable bonds is 5. The summed E-state index contributed by atoms with van der Waals surface area (Å²) in [5, 5.41) is 9.93.